The van der Waals surface area contributed by atoms with E-state index >= 15 is 0 Å². The summed E-state index contributed by atoms with van der Waals surface area (Å²) < 4.78 is 0. The van der Waals surface area contributed by atoms with Crippen molar-refractivity contribution >= 4 is 46.1 Å². The number of carbonyl (C=O) groups excluding carboxylic acids is 3. The molecule has 8 heteroatoms. The summed E-state index contributed by atoms with van der Waals surface area (Å²) in [6.07, 6.45) is -0.0625. The molecule has 1 unspecified atom stereocenters. The van der Waals surface area contributed by atoms with E-state index in [1.807, 2.05) is 72.8 Å². The first kappa shape index (κ1) is 22.7. The number of benzene rings is 3. The molecule has 2 aliphatic heterocycles. The van der Waals surface area contributed by atoms with Crippen LogP contribution in [0.1, 0.15) is 27.9 Å². The highest BCUT2D eigenvalue weighted by Gasteiger charge is 2.42. The molecule has 2 aliphatic rings. The number of hydrogen-bond acceptors (Lipinski definition) is 6. The van der Waals surface area contributed by atoms with Crippen LogP contribution in [0, 0.1) is 0 Å². The fourth-order valence-electron chi connectivity index (χ4n) is 3.98. The van der Waals surface area contributed by atoms with Crippen LogP contribution < -0.4 is 5.32 Å². The zero-order chi connectivity index (χ0) is 24.2. The summed E-state index contributed by atoms with van der Waals surface area (Å²) in [5, 5.41) is 3.36. The van der Waals surface area contributed by atoms with Gasteiger partial charge in [0.1, 0.15) is 11.9 Å². The van der Waals surface area contributed by atoms with Gasteiger partial charge in [-0.05, 0) is 17.7 Å². The third-order valence-corrected chi connectivity index (χ3v) is 6.70. The molecule has 3 aromatic rings. The molecule has 0 bridgehead atoms. The van der Waals surface area contributed by atoms with E-state index in [9.17, 15) is 14.4 Å². The molecule has 174 valence electrons. The van der Waals surface area contributed by atoms with Crippen molar-refractivity contribution in [3.8, 4) is 0 Å². The van der Waals surface area contributed by atoms with Crippen molar-refractivity contribution in [1.82, 2.24) is 10.2 Å². The fourth-order valence-corrected chi connectivity index (χ4v) is 4.93. The van der Waals surface area contributed by atoms with Crippen LogP contribution in [0.5, 0.6) is 0 Å². The van der Waals surface area contributed by atoms with Crippen LogP contribution in [-0.2, 0) is 16.1 Å². The van der Waals surface area contributed by atoms with E-state index in [1.165, 1.54) is 11.8 Å². The Balaban J connectivity index is 1.35. The Kier molecular flexibility index (Phi) is 6.54. The second-order valence-electron chi connectivity index (χ2n) is 8.12. The monoisotopic (exact) mass is 482 g/mol. The van der Waals surface area contributed by atoms with E-state index in [4.69, 9.17) is 4.99 Å². The highest BCUT2D eigenvalue weighted by molar-refractivity contribution is 8.14. The van der Waals surface area contributed by atoms with Gasteiger partial charge >= 0.3 is 0 Å². The molecule has 0 aromatic heterocycles. The lowest BCUT2D eigenvalue weighted by molar-refractivity contribution is -0.126. The number of nitrogens with zero attached hydrogens (tertiary/aromatic N) is 3. The minimum Gasteiger partial charge on any atom is -0.352 e. The van der Waals surface area contributed by atoms with Gasteiger partial charge in [-0.25, -0.2) is 4.99 Å². The number of Topliss-reactive ketones (excluding diaryl/α,β-unsaturated/α-hetero) is 1. The van der Waals surface area contributed by atoms with E-state index in [-0.39, 0.29) is 23.9 Å². The molecule has 35 heavy (non-hydrogen) atoms. The molecular weight excluding hydrogens is 460 g/mol. The fraction of sp³-hybridized carbons (Fsp3) is 0.148. The lowest BCUT2D eigenvalue weighted by Gasteiger charge is -2.30. The maximum atomic E-state index is 12.9. The Morgan fingerprint density at radius 2 is 1.57 bits per heavy atom. The van der Waals surface area contributed by atoms with Crippen LogP contribution in [0.2, 0.25) is 0 Å². The molecule has 2 amide bonds. The first-order valence-corrected chi connectivity index (χ1v) is 12.2. The summed E-state index contributed by atoms with van der Waals surface area (Å²) in [7, 11) is 0. The third-order valence-electron chi connectivity index (χ3n) is 5.75. The average molecular weight is 483 g/mol. The van der Waals surface area contributed by atoms with Gasteiger partial charge in [0.25, 0.3) is 5.91 Å². The minimum absolute atomic E-state index is 0.0432. The van der Waals surface area contributed by atoms with E-state index in [2.05, 4.69) is 10.3 Å². The van der Waals surface area contributed by atoms with Crippen molar-refractivity contribution in [3.05, 3.63) is 102 Å². The Morgan fingerprint density at radius 1 is 0.886 bits per heavy atom. The summed E-state index contributed by atoms with van der Waals surface area (Å²) in [6, 6.07) is 25.2. The topological polar surface area (TPSA) is 91.2 Å². The molecule has 3 aromatic carbocycles. The number of carbonyl (C=O) groups is 3. The van der Waals surface area contributed by atoms with Gasteiger partial charge in [-0.2, -0.15) is 4.99 Å². The summed E-state index contributed by atoms with van der Waals surface area (Å²) in [5.41, 5.74) is 2.99. The van der Waals surface area contributed by atoms with Crippen molar-refractivity contribution in [1.29, 1.82) is 0 Å². The van der Waals surface area contributed by atoms with E-state index in [0.29, 0.717) is 28.8 Å². The van der Waals surface area contributed by atoms with Crippen molar-refractivity contribution in [3.63, 3.8) is 0 Å². The number of amidine groups is 2. The smallest absolute Gasteiger partial charge is 0.271 e. The quantitative estimate of drug-likeness (QED) is 0.515. The highest BCUT2D eigenvalue weighted by atomic mass is 32.2. The van der Waals surface area contributed by atoms with Crippen molar-refractivity contribution in [2.24, 2.45) is 9.98 Å². The number of thioether (sulfide) groups is 1. The van der Waals surface area contributed by atoms with Crippen molar-refractivity contribution in [2.45, 2.75) is 19.0 Å². The molecule has 2 heterocycles. The van der Waals surface area contributed by atoms with Gasteiger partial charge in [0.2, 0.25) is 5.91 Å². The van der Waals surface area contributed by atoms with E-state index in [0.717, 1.165) is 11.1 Å². The number of nitrogens with one attached hydrogen (secondary N) is 1. The van der Waals surface area contributed by atoms with Gasteiger partial charge < -0.3 is 5.32 Å². The minimum atomic E-state index is -0.813. The molecule has 0 fully saturated rings. The Labute approximate surface area is 207 Å². The van der Waals surface area contributed by atoms with Crippen LogP contribution in [-0.4, -0.2) is 45.3 Å². The number of aliphatic imine (C=N–C) groups is 2. The maximum Gasteiger partial charge on any atom is 0.271 e. The summed E-state index contributed by atoms with van der Waals surface area (Å²) in [5.74, 6) is -0.0773. The Hall–Kier alpha value is -4.04. The third kappa shape index (κ3) is 4.93. The van der Waals surface area contributed by atoms with Crippen LogP contribution >= 0.6 is 11.8 Å². The summed E-state index contributed by atoms with van der Waals surface area (Å²) >= 11 is 1.25. The Bertz CT molecular complexity index is 1340. The molecule has 0 spiro atoms. The van der Waals surface area contributed by atoms with Gasteiger partial charge in [0.15, 0.2) is 11.0 Å². The SMILES string of the molecule is O=C(CC1C(=O)N=C2c3ccccc3N=C(SCC(=O)c3ccccc3)N21)NCc1ccccc1. The molecule has 1 N–H and O–H groups in total. The predicted molar refractivity (Wildman–Crippen MR) is 137 cm³/mol. The first-order chi connectivity index (χ1) is 17.1. The number of rotatable bonds is 7. The lowest BCUT2D eigenvalue weighted by Crippen LogP contribution is -2.46. The maximum absolute atomic E-state index is 12.9. The zero-order valence-corrected chi connectivity index (χ0v) is 19.6. The van der Waals surface area contributed by atoms with Gasteiger partial charge in [-0.3, -0.25) is 19.3 Å². The van der Waals surface area contributed by atoms with E-state index < -0.39 is 11.9 Å². The van der Waals surface area contributed by atoms with Crippen LogP contribution in [0.3, 0.4) is 0 Å². The average Bonchev–Trinajstić information content (AvgIpc) is 3.23. The van der Waals surface area contributed by atoms with Crippen LogP contribution in [0.4, 0.5) is 5.69 Å². The first-order valence-electron chi connectivity index (χ1n) is 11.2. The van der Waals surface area contributed by atoms with Gasteiger partial charge in [0.05, 0.1) is 17.9 Å². The second kappa shape index (κ2) is 10.1. The Morgan fingerprint density at radius 3 is 2.34 bits per heavy atom. The summed E-state index contributed by atoms with van der Waals surface area (Å²) in [4.78, 5) is 49.1. The predicted octanol–water partition coefficient (Wildman–Crippen LogP) is 3.97. The molecule has 0 radical (unpaired) electrons. The number of ketones is 1. The van der Waals surface area contributed by atoms with Crippen LogP contribution in [0.25, 0.3) is 0 Å². The van der Waals surface area contributed by atoms with Crippen LogP contribution in [0.15, 0.2) is 94.9 Å². The number of fused-ring (bicyclic) bond motifs is 3. The van der Waals surface area contributed by atoms with E-state index in [1.54, 1.807) is 17.0 Å². The number of amides is 2. The molecular formula is C27H22N4O3S. The summed E-state index contributed by atoms with van der Waals surface area (Å²) in [6.45, 7) is 0.373. The molecule has 7 nitrogen and oxygen atoms in total. The lowest BCUT2D eigenvalue weighted by atomic mass is 10.1. The molecule has 1 atom stereocenters. The van der Waals surface area contributed by atoms with Gasteiger partial charge in [0, 0.05) is 17.7 Å². The molecule has 5 rings (SSSR count). The second-order valence-corrected chi connectivity index (χ2v) is 9.06. The van der Waals surface area contributed by atoms with Gasteiger partial charge in [-0.15, -0.1) is 0 Å². The largest absolute Gasteiger partial charge is 0.352 e. The molecule has 0 aliphatic carbocycles. The number of hydrogen-bond donors (Lipinski definition) is 1. The molecule has 0 saturated heterocycles. The normalized spacial score (nSPS) is 16.2. The van der Waals surface area contributed by atoms with Crippen molar-refractivity contribution in [2.75, 3.05) is 5.75 Å². The highest BCUT2D eigenvalue weighted by Crippen LogP contribution is 2.35. The zero-order valence-electron chi connectivity index (χ0n) is 18.8. The van der Waals surface area contributed by atoms with Gasteiger partial charge in [-0.1, -0.05) is 84.6 Å². The number of para-hydroxylation sites is 1. The standard InChI is InChI=1S/C27H22N4O3S/c32-23(19-11-5-2-6-12-19)17-35-27-29-21-14-8-7-13-20(21)25-30-26(34)22(31(25)27)15-24(33)28-16-18-9-3-1-4-10-18/h1-14,22H,15-17H2,(H,28,33). The van der Waals surface area contributed by atoms with Crippen molar-refractivity contribution < 1.29 is 14.4 Å². The molecule has 0 saturated carbocycles.